The second-order valence-corrected chi connectivity index (χ2v) is 11.3. The predicted molar refractivity (Wildman–Crippen MR) is 127 cm³/mol. The molecule has 10 nitrogen and oxygen atoms in total. The summed E-state index contributed by atoms with van der Waals surface area (Å²) in [4.78, 5) is 12.7. The van der Waals surface area contributed by atoms with Crippen molar-refractivity contribution in [1.29, 1.82) is 0 Å². The van der Waals surface area contributed by atoms with Crippen molar-refractivity contribution in [2.75, 3.05) is 11.8 Å². The van der Waals surface area contributed by atoms with Gasteiger partial charge in [0, 0.05) is 31.7 Å². The van der Waals surface area contributed by atoms with E-state index in [0.717, 1.165) is 25.7 Å². The molecular formula is C22H26ClN7O3S. The smallest absolute Gasteiger partial charge is 0.240 e. The van der Waals surface area contributed by atoms with Crippen molar-refractivity contribution in [1.82, 2.24) is 29.7 Å². The Kier molecular flexibility index (Phi) is 6.26. The number of ether oxygens (including phenoxy) is 1. The van der Waals surface area contributed by atoms with Crippen molar-refractivity contribution >= 4 is 27.6 Å². The lowest BCUT2D eigenvalue weighted by atomic mass is 10.1. The molecular weight excluding hydrogens is 478 g/mol. The van der Waals surface area contributed by atoms with E-state index in [2.05, 4.69) is 29.9 Å². The fourth-order valence-electron chi connectivity index (χ4n) is 4.35. The average Bonchev–Trinajstić information content (AvgIpc) is 3.76. The summed E-state index contributed by atoms with van der Waals surface area (Å²) in [5, 5.41) is 7.96. The van der Waals surface area contributed by atoms with E-state index in [-0.39, 0.29) is 17.8 Å². The van der Waals surface area contributed by atoms with Crippen LogP contribution in [0, 0.1) is 11.8 Å². The van der Waals surface area contributed by atoms with Crippen LogP contribution in [0.2, 0.25) is 5.02 Å². The topological polar surface area (TPSA) is 125 Å². The minimum absolute atomic E-state index is 0.137. The molecule has 3 aromatic heterocycles. The molecule has 2 fully saturated rings. The number of nitrogens with zero attached hydrogens (tertiary/aromatic N) is 6. The van der Waals surface area contributed by atoms with Crippen LogP contribution in [0.3, 0.4) is 0 Å². The molecule has 0 radical (unpaired) electrons. The van der Waals surface area contributed by atoms with E-state index < -0.39 is 21.4 Å². The maximum atomic E-state index is 13.5. The molecule has 3 heterocycles. The summed E-state index contributed by atoms with van der Waals surface area (Å²) >= 11 is 5.88. The van der Waals surface area contributed by atoms with Gasteiger partial charge in [-0.1, -0.05) is 17.7 Å². The second kappa shape index (κ2) is 9.20. The molecule has 12 heteroatoms. The van der Waals surface area contributed by atoms with Crippen LogP contribution in [0.15, 0.2) is 36.8 Å². The molecule has 0 aliphatic heterocycles. The van der Waals surface area contributed by atoms with E-state index in [0.29, 0.717) is 28.4 Å². The minimum Gasteiger partial charge on any atom is -0.372 e. The van der Waals surface area contributed by atoms with E-state index in [1.165, 1.54) is 19.5 Å². The van der Waals surface area contributed by atoms with Gasteiger partial charge in [-0.05, 0) is 56.6 Å². The molecule has 0 spiro atoms. The molecule has 5 rings (SSSR count). The van der Waals surface area contributed by atoms with Gasteiger partial charge in [-0.25, -0.2) is 18.4 Å². The Morgan fingerprint density at radius 3 is 2.32 bits per heavy atom. The third kappa shape index (κ3) is 4.64. The highest BCUT2D eigenvalue weighted by molar-refractivity contribution is 7.93. The lowest BCUT2D eigenvalue weighted by Crippen LogP contribution is -2.34. The molecule has 3 aromatic rings. The zero-order valence-electron chi connectivity index (χ0n) is 18.9. The summed E-state index contributed by atoms with van der Waals surface area (Å²) in [6.07, 6.45) is 8.07. The summed E-state index contributed by atoms with van der Waals surface area (Å²) in [6, 6.07) is 5.71. The summed E-state index contributed by atoms with van der Waals surface area (Å²) in [5.74, 6) is 1.97. The van der Waals surface area contributed by atoms with Crippen LogP contribution >= 0.6 is 11.6 Å². The Hall–Kier alpha value is -2.63. The third-order valence-electron chi connectivity index (χ3n) is 6.40. The molecule has 34 heavy (non-hydrogen) atoms. The summed E-state index contributed by atoms with van der Waals surface area (Å²) in [5.41, 5.74) is 0.657. The van der Waals surface area contributed by atoms with Crippen LogP contribution < -0.4 is 4.72 Å². The molecule has 0 amide bonds. The van der Waals surface area contributed by atoms with E-state index in [1.807, 2.05) is 22.8 Å². The van der Waals surface area contributed by atoms with Gasteiger partial charge in [-0.2, -0.15) is 0 Å². The SMILES string of the molecule is CO[C@H](c1ncc(Cl)cn1)[C@H](C)S(=O)(=O)Nc1nnc(-c2ccccn2)n1C(C1CC1)C1CC1. The quantitative estimate of drug-likeness (QED) is 0.444. The maximum absolute atomic E-state index is 13.5. The Morgan fingerprint density at radius 1 is 1.09 bits per heavy atom. The monoisotopic (exact) mass is 503 g/mol. The van der Waals surface area contributed by atoms with Gasteiger partial charge >= 0.3 is 0 Å². The molecule has 2 aliphatic carbocycles. The number of methoxy groups -OCH3 is 1. The molecule has 2 atom stereocenters. The first kappa shape index (κ1) is 23.1. The number of hydrogen-bond acceptors (Lipinski definition) is 8. The van der Waals surface area contributed by atoms with Crippen molar-refractivity contribution in [3.8, 4) is 11.5 Å². The van der Waals surface area contributed by atoms with Crippen LogP contribution in [0.4, 0.5) is 5.95 Å². The lowest BCUT2D eigenvalue weighted by molar-refractivity contribution is 0.0950. The predicted octanol–water partition coefficient (Wildman–Crippen LogP) is 3.66. The van der Waals surface area contributed by atoms with E-state index in [9.17, 15) is 8.42 Å². The van der Waals surface area contributed by atoms with Crippen LogP contribution in [-0.4, -0.2) is 50.5 Å². The Balaban J connectivity index is 1.49. The fourth-order valence-corrected chi connectivity index (χ4v) is 5.59. The van der Waals surface area contributed by atoms with Gasteiger partial charge in [0.2, 0.25) is 16.0 Å². The van der Waals surface area contributed by atoms with Crippen molar-refractivity contribution in [3.05, 3.63) is 47.6 Å². The van der Waals surface area contributed by atoms with Crippen LogP contribution in [-0.2, 0) is 14.8 Å². The highest BCUT2D eigenvalue weighted by Gasteiger charge is 2.45. The summed E-state index contributed by atoms with van der Waals surface area (Å²) in [6.45, 7) is 1.55. The Labute approximate surface area is 203 Å². The van der Waals surface area contributed by atoms with Gasteiger partial charge in [0.05, 0.1) is 5.02 Å². The maximum Gasteiger partial charge on any atom is 0.240 e. The molecule has 2 aliphatic rings. The van der Waals surface area contributed by atoms with E-state index >= 15 is 0 Å². The van der Waals surface area contributed by atoms with Crippen molar-refractivity contribution < 1.29 is 13.2 Å². The molecule has 0 aromatic carbocycles. The number of rotatable bonds is 10. The first-order chi connectivity index (χ1) is 16.4. The molecule has 2 saturated carbocycles. The minimum atomic E-state index is -3.95. The van der Waals surface area contributed by atoms with E-state index in [1.54, 1.807) is 13.1 Å². The molecule has 0 unspecified atom stereocenters. The van der Waals surface area contributed by atoms with Gasteiger partial charge in [0.1, 0.15) is 17.0 Å². The second-order valence-electron chi connectivity index (χ2n) is 8.87. The number of hydrogen-bond donors (Lipinski definition) is 1. The normalized spacial score (nSPS) is 18.1. The first-order valence-corrected chi connectivity index (χ1v) is 13.2. The van der Waals surface area contributed by atoms with Gasteiger partial charge < -0.3 is 4.74 Å². The van der Waals surface area contributed by atoms with E-state index in [4.69, 9.17) is 16.3 Å². The molecule has 1 N–H and O–H groups in total. The number of nitrogens with one attached hydrogen (secondary N) is 1. The average molecular weight is 504 g/mol. The van der Waals surface area contributed by atoms with Gasteiger partial charge in [-0.15, -0.1) is 10.2 Å². The zero-order valence-corrected chi connectivity index (χ0v) is 20.4. The zero-order chi connectivity index (χ0) is 23.9. The molecule has 0 saturated heterocycles. The largest absolute Gasteiger partial charge is 0.372 e. The van der Waals surface area contributed by atoms with Gasteiger partial charge in [-0.3, -0.25) is 14.3 Å². The number of aromatic nitrogens is 6. The number of sulfonamides is 1. The summed E-state index contributed by atoms with van der Waals surface area (Å²) < 4.78 is 37.0. The highest BCUT2D eigenvalue weighted by Crippen LogP contribution is 2.53. The fraction of sp³-hybridized carbons (Fsp3) is 0.500. The van der Waals surface area contributed by atoms with Crippen LogP contribution in [0.1, 0.15) is 50.6 Å². The number of anilines is 1. The Morgan fingerprint density at radius 2 is 1.76 bits per heavy atom. The first-order valence-electron chi connectivity index (χ1n) is 11.3. The number of pyridine rings is 1. The molecule has 0 bridgehead atoms. The van der Waals surface area contributed by atoms with Crippen LogP contribution in [0.5, 0.6) is 0 Å². The Bertz CT molecular complexity index is 1230. The van der Waals surface area contributed by atoms with Gasteiger partial charge in [0.25, 0.3) is 0 Å². The van der Waals surface area contributed by atoms with Crippen LogP contribution in [0.25, 0.3) is 11.5 Å². The lowest BCUT2D eigenvalue weighted by Gasteiger charge is -2.24. The van der Waals surface area contributed by atoms with Crippen molar-refractivity contribution in [2.24, 2.45) is 11.8 Å². The highest BCUT2D eigenvalue weighted by atomic mass is 35.5. The number of halogens is 1. The van der Waals surface area contributed by atoms with Crippen molar-refractivity contribution in [2.45, 2.75) is 50.0 Å². The van der Waals surface area contributed by atoms with Crippen molar-refractivity contribution in [3.63, 3.8) is 0 Å². The van der Waals surface area contributed by atoms with Gasteiger partial charge in [0.15, 0.2) is 11.6 Å². The third-order valence-corrected chi connectivity index (χ3v) is 8.28. The molecule has 180 valence electrons. The standard InChI is InChI=1S/C22H26ClN7O3S/c1-13(19(33-2)20-25-11-16(23)12-26-20)34(31,32)29-22-28-27-21(17-5-3-4-10-24-17)30(22)18(14-6-7-14)15-8-9-15/h3-5,10-15,18-19H,6-9H2,1-2H3,(H,28,29)/t13-,19-/m0/s1. The summed E-state index contributed by atoms with van der Waals surface area (Å²) in [7, 11) is -2.53.